The number of halogens is 4. The quantitative estimate of drug-likeness (QED) is 0.348. The van der Waals surface area contributed by atoms with Gasteiger partial charge >= 0.3 is 0 Å². The number of sulfone groups is 1. The Hall–Kier alpha value is -1.65. The van der Waals surface area contributed by atoms with Gasteiger partial charge in [0.1, 0.15) is 4.90 Å². The summed E-state index contributed by atoms with van der Waals surface area (Å²) in [6.07, 6.45) is 0. The highest BCUT2D eigenvalue weighted by atomic mass is 79.9. The summed E-state index contributed by atoms with van der Waals surface area (Å²) in [6, 6.07) is 9.13. The molecule has 4 aromatic rings. The summed E-state index contributed by atoms with van der Waals surface area (Å²) in [5.41, 5.74) is -1.09. The zero-order chi connectivity index (χ0) is 21.1. The zero-order valence-electron chi connectivity index (χ0n) is 14.0. The van der Waals surface area contributed by atoms with Gasteiger partial charge in [0.05, 0.1) is 16.1 Å². The van der Waals surface area contributed by atoms with Gasteiger partial charge in [-0.15, -0.1) is 0 Å². The monoisotopic (exact) mass is 576 g/mol. The van der Waals surface area contributed by atoms with Crippen LogP contribution in [0.3, 0.4) is 0 Å². The van der Waals surface area contributed by atoms with E-state index in [1.54, 1.807) is 24.3 Å². The van der Waals surface area contributed by atoms with Gasteiger partial charge in [0.2, 0.25) is 9.84 Å². The van der Waals surface area contributed by atoms with Crippen molar-refractivity contribution in [3.63, 3.8) is 0 Å². The number of hydrogen-bond acceptors (Lipinski definition) is 4. The van der Waals surface area contributed by atoms with E-state index in [1.165, 1.54) is 12.1 Å². The number of rotatable bonds is 2. The summed E-state index contributed by atoms with van der Waals surface area (Å²) >= 11 is 18.9. The molecule has 2 aromatic carbocycles. The minimum absolute atomic E-state index is 0.267. The first-order valence-electron chi connectivity index (χ1n) is 7.88. The largest absolute Gasteiger partial charge is 0.320 e. The Balaban J connectivity index is 2.08. The van der Waals surface area contributed by atoms with Crippen molar-refractivity contribution in [3.8, 4) is 0 Å². The molecule has 0 aliphatic rings. The number of nitrogens with one attached hydrogen (secondary N) is 2. The van der Waals surface area contributed by atoms with Crippen LogP contribution in [-0.2, 0) is 9.84 Å². The Morgan fingerprint density at radius 3 is 2.28 bits per heavy atom. The average Bonchev–Trinajstić information content (AvgIpc) is 2.62. The van der Waals surface area contributed by atoms with Gasteiger partial charge in [0.25, 0.3) is 11.1 Å². The third kappa shape index (κ3) is 3.34. The average molecular weight is 579 g/mol. The molecule has 2 heterocycles. The number of H-pyrrole nitrogens is 2. The molecule has 2 aromatic heterocycles. The summed E-state index contributed by atoms with van der Waals surface area (Å²) in [6.45, 7) is 0. The Labute approximate surface area is 190 Å². The number of para-hydroxylation sites is 1. The van der Waals surface area contributed by atoms with Gasteiger partial charge in [-0.2, -0.15) is 0 Å². The van der Waals surface area contributed by atoms with E-state index in [0.29, 0.717) is 35.8 Å². The number of aromatic nitrogens is 2. The van der Waals surface area contributed by atoms with Crippen molar-refractivity contribution in [2.75, 3.05) is 0 Å². The molecule has 2 N–H and O–H groups in total. The zero-order valence-corrected chi connectivity index (χ0v) is 19.5. The molecule has 0 fully saturated rings. The lowest BCUT2D eigenvalue weighted by Gasteiger charge is -2.10. The molecule has 0 bridgehead atoms. The van der Waals surface area contributed by atoms with Crippen LogP contribution in [0.2, 0.25) is 10.0 Å². The Morgan fingerprint density at radius 2 is 1.55 bits per heavy atom. The molecule has 148 valence electrons. The normalized spacial score (nSPS) is 12.0. The third-order valence-electron chi connectivity index (χ3n) is 4.29. The van der Waals surface area contributed by atoms with E-state index in [-0.39, 0.29) is 5.02 Å². The van der Waals surface area contributed by atoms with Crippen LogP contribution in [0, 0.1) is 0 Å². The lowest BCUT2D eigenvalue weighted by Crippen LogP contribution is -2.24. The molecule has 6 nitrogen and oxygen atoms in total. The highest BCUT2D eigenvalue weighted by Crippen LogP contribution is 2.33. The van der Waals surface area contributed by atoms with Gasteiger partial charge in [0, 0.05) is 24.7 Å². The van der Waals surface area contributed by atoms with Crippen LogP contribution in [0.4, 0.5) is 0 Å². The molecule has 0 amide bonds. The van der Waals surface area contributed by atoms with Crippen LogP contribution in [0.5, 0.6) is 0 Å². The summed E-state index contributed by atoms with van der Waals surface area (Å²) in [4.78, 5) is 28.9. The fourth-order valence-electron chi connectivity index (χ4n) is 3.00. The van der Waals surface area contributed by atoms with Crippen LogP contribution in [0.25, 0.3) is 21.8 Å². The van der Waals surface area contributed by atoms with Crippen molar-refractivity contribution in [1.82, 2.24) is 9.97 Å². The molecule has 0 atom stereocenters. The maximum absolute atomic E-state index is 13.3. The Bertz CT molecular complexity index is 1560. The van der Waals surface area contributed by atoms with Crippen molar-refractivity contribution in [3.05, 3.63) is 76.1 Å². The van der Waals surface area contributed by atoms with Gasteiger partial charge in [-0.05, 0) is 56.1 Å². The van der Waals surface area contributed by atoms with E-state index in [4.69, 9.17) is 23.2 Å². The highest BCUT2D eigenvalue weighted by Gasteiger charge is 2.29. The summed E-state index contributed by atoms with van der Waals surface area (Å²) in [5, 5.41) is 0.767. The van der Waals surface area contributed by atoms with Crippen LogP contribution in [0.15, 0.2) is 64.7 Å². The van der Waals surface area contributed by atoms with E-state index in [1.807, 2.05) is 0 Å². The Morgan fingerprint density at radius 1 is 0.862 bits per heavy atom. The maximum atomic E-state index is 13.3. The van der Waals surface area contributed by atoms with E-state index >= 15 is 0 Å². The van der Waals surface area contributed by atoms with Crippen LogP contribution >= 0.6 is 55.1 Å². The fraction of sp³-hybridized carbons (Fsp3) is 0. The summed E-state index contributed by atoms with van der Waals surface area (Å²) < 4.78 is 27.6. The van der Waals surface area contributed by atoms with Gasteiger partial charge in [0.15, 0.2) is 4.90 Å². The number of benzene rings is 2. The van der Waals surface area contributed by atoms with E-state index in [9.17, 15) is 18.0 Å². The SMILES string of the molecule is O=c1[nH]c2c(Br)cc(Cl)cc2cc1S(=O)(=O)c1c(Cl)c2cccc(Br)c2[nH]c1=O. The van der Waals surface area contributed by atoms with E-state index in [0.717, 1.165) is 0 Å². The molecule has 4 rings (SSSR count). The first-order chi connectivity index (χ1) is 13.6. The second kappa shape index (κ2) is 7.24. The molecule has 11 heteroatoms. The smallest absolute Gasteiger partial charge is 0.269 e. The molecule has 0 radical (unpaired) electrons. The van der Waals surface area contributed by atoms with Crippen molar-refractivity contribution in [2.45, 2.75) is 9.79 Å². The van der Waals surface area contributed by atoms with E-state index < -0.39 is 30.7 Å². The molecular formula is C18H8Br2Cl2N2O4S. The second-order valence-corrected chi connectivity index (χ2v) is 10.5. The van der Waals surface area contributed by atoms with Crippen LogP contribution < -0.4 is 11.1 Å². The van der Waals surface area contributed by atoms with Crippen LogP contribution in [-0.4, -0.2) is 18.4 Å². The first-order valence-corrected chi connectivity index (χ1v) is 11.7. The molecular weight excluding hydrogens is 571 g/mol. The molecule has 29 heavy (non-hydrogen) atoms. The van der Waals surface area contributed by atoms with Crippen LogP contribution in [0.1, 0.15) is 0 Å². The number of hydrogen-bond donors (Lipinski definition) is 2. The molecule has 0 spiro atoms. The molecule has 0 aliphatic carbocycles. The summed E-state index contributed by atoms with van der Waals surface area (Å²) in [5.74, 6) is 0. The Kier molecular flexibility index (Phi) is 5.15. The van der Waals surface area contributed by atoms with Gasteiger partial charge < -0.3 is 9.97 Å². The van der Waals surface area contributed by atoms with Gasteiger partial charge in [-0.1, -0.05) is 35.3 Å². The standard InChI is InChI=1S/C18H8Br2Cl2N2O4S/c19-10-3-1-2-9-13(22)16(18(26)24-15(9)10)29(27,28)12-5-7-4-8(21)6-11(20)14(7)23-17(12)25/h1-6H,(H,23,25)(H,24,26). The van der Waals surface area contributed by atoms with Crippen molar-refractivity contribution >= 4 is 86.7 Å². The van der Waals surface area contributed by atoms with E-state index in [2.05, 4.69) is 41.8 Å². The lowest BCUT2D eigenvalue weighted by atomic mass is 10.2. The molecule has 0 unspecified atom stereocenters. The van der Waals surface area contributed by atoms with Gasteiger partial charge in [-0.3, -0.25) is 9.59 Å². The van der Waals surface area contributed by atoms with Crippen molar-refractivity contribution in [2.24, 2.45) is 0 Å². The first kappa shape index (κ1) is 20.6. The number of fused-ring (bicyclic) bond motifs is 2. The molecule has 0 saturated heterocycles. The molecule has 0 saturated carbocycles. The number of pyridine rings is 2. The topological polar surface area (TPSA) is 99.9 Å². The lowest BCUT2D eigenvalue weighted by molar-refractivity contribution is 0.594. The highest BCUT2D eigenvalue weighted by molar-refractivity contribution is 9.11. The fourth-order valence-corrected chi connectivity index (χ4v) is 6.38. The number of aromatic amines is 2. The van der Waals surface area contributed by atoms with Crippen molar-refractivity contribution in [1.29, 1.82) is 0 Å². The third-order valence-corrected chi connectivity index (χ3v) is 8.11. The van der Waals surface area contributed by atoms with Crippen molar-refractivity contribution < 1.29 is 8.42 Å². The predicted octanol–water partition coefficient (Wildman–Crippen LogP) is 5.03. The predicted molar refractivity (Wildman–Crippen MR) is 120 cm³/mol. The minimum Gasteiger partial charge on any atom is -0.320 e. The molecule has 0 aliphatic heterocycles. The maximum Gasteiger partial charge on any atom is 0.269 e. The second-order valence-electron chi connectivity index (χ2n) is 6.08. The van der Waals surface area contributed by atoms with Gasteiger partial charge in [-0.25, -0.2) is 8.42 Å². The summed E-state index contributed by atoms with van der Waals surface area (Å²) in [7, 11) is -4.55. The minimum atomic E-state index is -4.55.